The van der Waals surface area contributed by atoms with E-state index < -0.39 is 0 Å². The molecule has 0 atom stereocenters. The summed E-state index contributed by atoms with van der Waals surface area (Å²) >= 11 is 1.57. The molecule has 0 unspecified atom stereocenters. The lowest BCUT2D eigenvalue weighted by Crippen LogP contribution is -2.29. The molecule has 112 valence electrons. The molecule has 2 aromatic rings. The van der Waals surface area contributed by atoms with Gasteiger partial charge in [-0.1, -0.05) is 25.1 Å². The van der Waals surface area contributed by atoms with E-state index in [-0.39, 0.29) is 5.91 Å². The van der Waals surface area contributed by atoms with Gasteiger partial charge in [-0.3, -0.25) is 4.79 Å². The fourth-order valence-corrected chi connectivity index (χ4v) is 2.66. The Labute approximate surface area is 129 Å². The van der Waals surface area contributed by atoms with Gasteiger partial charge in [-0.2, -0.15) is 0 Å². The lowest BCUT2D eigenvalue weighted by atomic mass is 10.3. The SMILES string of the molecule is CCCN(Cc1csc(COc2ccccc2)n1)C(C)=O. The predicted octanol–water partition coefficient (Wildman–Crippen LogP) is 3.48. The van der Waals surface area contributed by atoms with Gasteiger partial charge in [0.25, 0.3) is 0 Å². The van der Waals surface area contributed by atoms with E-state index in [1.807, 2.05) is 40.6 Å². The number of aromatic nitrogens is 1. The summed E-state index contributed by atoms with van der Waals surface area (Å²) in [5, 5.41) is 2.92. The lowest BCUT2D eigenvalue weighted by molar-refractivity contribution is -0.129. The maximum absolute atomic E-state index is 11.5. The number of hydrogen-bond donors (Lipinski definition) is 0. The fraction of sp³-hybridized carbons (Fsp3) is 0.375. The molecular weight excluding hydrogens is 284 g/mol. The normalized spacial score (nSPS) is 10.4. The zero-order valence-electron chi connectivity index (χ0n) is 12.4. The van der Waals surface area contributed by atoms with Crippen LogP contribution in [0.2, 0.25) is 0 Å². The maximum Gasteiger partial charge on any atom is 0.219 e. The van der Waals surface area contributed by atoms with E-state index in [0.29, 0.717) is 13.2 Å². The number of benzene rings is 1. The van der Waals surface area contributed by atoms with E-state index in [4.69, 9.17) is 4.74 Å². The minimum atomic E-state index is 0.0898. The van der Waals surface area contributed by atoms with Crippen LogP contribution < -0.4 is 4.74 Å². The first kappa shape index (κ1) is 15.5. The van der Waals surface area contributed by atoms with Crippen molar-refractivity contribution in [3.8, 4) is 5.75 Å². The molecular formula is C16H20N2O2S. The molecule has 0 saturated carbocycles. The Kier molecular flexibility index (Phi) is 5.75. The summed E-state index contributed by atoms with van der Waals surface area (Å²) in [5.74, 6) is 0.928. The molecule has 2 rings (SSSR count). The minimum Gasteiger partial charge on any atom is -0.486 e. The van der Waals surface area contributed by atoms with E-state index in [0.717, 1.165) is 29.4 Å². The highest BCUT2D eigenvalue weighted by atomic mass is 32.1. The zero-order valence-corrected chi connectivity index (χ0v) is 13.2. The first-order valence-corrected chi connectivity index (χ1v) is 7.93. The van der Waals surface area contributed by atoms with Crippen molar-refractivity contribution in [2.75, 3.05) is 6.54 Å². The number of nitrogens with zero attached hydrogens (tertiary/aromatic N) is 2. The Bertz CT molecular complexity index is 569. The number of ether oxygens (including phenoxy) is 1. The highest BCUT2D eigenvalue weighted by molar-refractivity contribution is 7.09. The molecule has 0 radical (unpaired) electrons. The van der Waals surface area contributed by atoms with Crippen LogP contribution in [0.25, 0.3) is 0 Å². The highest BCUT2D eigenvalue weighted by Crippen LogP contribution is 2.16. The quantitative estimate of drug-likeness (QED) is 0.786. The van der Waals surface area contributed by atoms with Gasteiger partial charge in [-0.25, -0.2) is 4.98 Å². The number of hydrogen-bond acceptors (Lipinski definition) is 4. The van der Waals surface area contributed by atoms with Gasteiger partial charge >= 0.3 is 0 Å². The molecule has 0 saturated heterocycles. The van der Waals surface area contributed by atoms with Crippen molar-refractivity contribution < 1.29 is 9.53 Å². The number of carbonyl (C=O) groups is 1. The third kappa shape index (κ3) is 4.86. The second kappa shape index (κ2) is 7.78. The Balaban J connectivity index is 1.90. The summed E-state index contributed by atoms with van der Waals surface area (Å²) in [6, 6.07) is 9.69. The highest BCUT2D eigenvalue weighted by Gasteiger charge is 2.11. The lowest BCUT2D eigenvalue weighted by Gasteiger charge is -2.18. The average molecular weight is 304 g/mol. The van der Waals surface area contributed by atoms with Crippen molar-refractivity contribution in [1.82, 2.24) is 9.88 Å². The van der Waals surface area contributed by atoms with Crippen molar-refractivity contribution in [2.24, 2.45) is 0 Å². The predicted molar refractivity (Wildman–Crippen MR) is 84.3 cm³/mol. The number of thiazole rings is 1. The molecule has 4 nitrogen and oxygen atoms in total. The van der Waals surface area contributed by atoms with E-state index in [1.165, 1.54) is 0 Å². The third-order valence-corrected chi connectivity index (χ3v) is 3.87. The summed E-state index contributed by atoms with van der Waals surface area (Å²) in [4.78, 5) is 17.9. The summed E-state index contributed by atoms with van der Waals surface area (Å²) < 4.78 is 5.67. The van der Waals surface area contributed by atoms with Crippen molar-refractivity contribution in [3.05, 3.63) is 46.4 Å². The van der Waals surface area contributed by atoms with E-state index in [9.17, 15) is 4.79 Å². The van der Waals surface area contributed by atoms with Crippen LogP contribution in [-0.2, 0) is 17.9 Å². The topological polar surface area (TPSA) is 42.4 Å². The maximum atomic E-state index is 11.5. The Morgan fingerprint density at radius 3 is 2.76 bits per heavy atom. The molecule has 1 amide bonds. The number of amides is 1. The molecule has 0 aliphatic carbocycles. The van der Waals surface area contributed by atoms with Gasteiger partial charge < -0.3 is 9.64 Å². The fourth-order valence-electron chi connectivity index (χ4n) is 1.96. The van der Waals surface area contributed by atoms with Crippen molar-refractivity contribution in [3.63, 3.8) is 0 Å². The molecule has 0 aliphatic heterocycles. The van der Waals surface area contributed by atoms with Crippen LogP contribution in [-0.4, -0.2) is 22.3 Å². The molecule has 0 N–H and O–H groups in total. The second-order valence-corrected chi connectivity index (χ2v) is 5.72. The molecule has 5 heteroatoms. The molecule has 21 heavy (non-hydrogen) atoms. The molecule has 1 heterocycles. The van der Waals surface area contributed by atoms with Gasteiger partial charge in [0.05, 0.1) is 12.2 Å². The van der Waals surface area contributed by atoms with E-state index in [1.54, 1.807) is 18.3 Å². The molecule has 0 aliphatic rings. The number of carbonyl (C=O) groups excluding carboxylic acids is 1. The van der Waals surface area contributed by atoms with E-state index >= 15 is 0 Å². The Morgan fingerprint density at radius 1 is 1.33 bits per heavy atom. The average Bonchev–Trinajstić information content (AvgIpc) is 2.93. The monoisotopic (exact) mass is 304 g/mol. The minimum absolute atomic E-state index is 0.0898. The molecule has 1 aromatic heterocycles. The van der Waals surface area contributed by atoms with Gasteiger partial charge in [0.1, 0.15) is 17.4 Å². The molecule has 1 aromatic carbocycles. The van der Waals surface area contributed by atoms with Crippen LogP contribution in [0.5, 0.6) is 5.75 Å². The van der Waals surface area contributed by atoms with Gasteiger partial charge in [-0.05, 0) is 18.6 Å². The van der Waals surface area contributed by atoms with Crippen LogP contribution in [0.15, 0.2) is 35.7 Å². The third-order valence-electron chi connectivity index (χ3n) is 3.00. The first-order valence-electron chi connectivity index (χ1n) is 7.05. The van der Waals surface area contributed by atoms with Gasteiger partial charge in [0.2, 0.25) is 5.91 Å². The van der Waals surface area contributed by atoms with Crippen LogP contribution in [0.1, 0.15) is 31.0 Å². The van der Waals surface area contributed by atoms with Gasteiger partial charge in [-0.15, -0.1) is 11.3 Å². The summed E-state index contributed by atoms with van der Waals surface area (Å²) in [7, 11) is 0. The number of para-hydroxylation sites is 1. The molecule has 0 bridgehead atoms. The van der Waals surface area contributed by atoms with Crippen LogP contribution >= 0.6 is 11.3 Å². The number of rotatable bonds is 7. The molecule has 0 fully saturated rings. The van der Waals surface area contributed by atoms with Crippen LogP contribution in [0.3, 0.4) is 0 Å². The van der Waals surface area contributed by atoms with Crippen molar-refractivity contribution in [1.29, 1.82) is 0 Å². The Morgan fingerprint density at radius 2 is 2.10 bits per heavy atom. The van der Waals surface area contributed by atoms with Crippen LogP contribution in [0, 0.1) is 0 Å². The Hall–Kier alpha value is -1.88. The summed E-state index contributed by atoms with van der Waals surface area (Å²) in [6.45, 7) is 5.47. The standard InChI is InChI=1S/C16H20N2O2S/c1-3-9-18(13(2)19)10-14-12-21-16(17-14)11-20-15-7-5-4-6-8-15/h4-8,12H,3,9-11H2,1-2H3. The van der Waals surface area contributed by atoms with Gasteiger partial charge in [0, 0.05) is 18.8 Å². The van der Waals surface area contributed by atoms with Crippen molar-refractivity contribution >= 4 is 17.2 Å². The van der Waals surface area contributed by atoms with Crippen LogP contribution in [0.4, 0.5) is 0 Å². The molecule has 0 spiro atoms. The van der Waals surface area contributed by atoms with Gasteiger partial charge in [0.15, 0.2) is 0 Å². The first-order chi connectivity index (χ1) is 10.2. The second-order valence-electron chi connectivity index (χ2n) is 4.77. The van der Waals surface area contributed by atoms with Crippen molar-refractivity contribution in [2.45, 2.75) is 33.4 Å². The van der Waals surface area contributed by atoms with E-state index in [2.05, 4.69) is 11.9 Å². The summed E-state index contributed by atoms with van der Waals surface area (Å²) in [6.07, 6.45) is 0.952. The zero-order chi connectivity index (χ0) is 15.1. The summed E-state index contributed by atoms with van der Waals surface area (Å²) in [5.41, 5.74) is 0.926. The smallest absolute Gasteiger partial charge is 0.219 e. The largest absolute Gasteiger partial charge is 0.486 e.